The number of hydrogen-bond donors (Lipinski definition) is 0. The van der Waals surface area contributed by atoms with E-state index in [4.69, 9.17) is 5.26 Å². The zero-order chi connectivity index (χ0) is 16.4. The van der Waals surface area contributed by atoms with Crippen molar-refractivity contribution in [2.75, 3.05) is 31.1 Å². The molecule has 0 spiro atoms. The quantitative estimate of drug-likeness (QED) is 0.851. The topological polar surface area (TPSA) is 47.3 Å². The van der Waals surface area contributed by atoms with Crippen LogP contribution in [-0.2, 0) is 0 Å². The van der Waals surface area contributed by atoms with Crippen molar-refractivity contribution in [1.82, 2.24) is 4.90 Å². The zero-order valence-corrected chi connectivity index (χ0v) is 13.6. The second-order valence-corrected chi connectivity index (χ2v) is 6.76. The first-order valence-corrected chi connectivity index (χ1v) is 8.20. The summed E-state index contributed by atoms with van der Waals surface area (Å²) in [4.78, 5) is 18.0. The number of carbonyl (C=O) groups is 1. The van der Waals surface area contributed by atoms with E-state index in [9.17, 15) is 9.18 Å². The molecule has 1 aromatic carbocycles. The van der Waals surface area contributed by atoms with Crippen molar-refractivity contribution in [1.29, 1.82) is 5.26 Å². The summed E-state index contributed by atoms with van der Waals surface area (Å²) in [6.07, 6.45) is 0. The first-order chi connectivity index (χ1) is 11.1. The molecule has 2 aromatic rings. The van der Waals surface area contributed by atoms with Crippen LogP contribution >= 0.6 is 11.3 Å². The summed E-state index contributed by atoms with van der Waals surface area (Å²) in [6.45, 7) is 4.27. The van der Waals surface area contributed by atoms with E-state index >= 15 is 0 Å². The molecule has 0 saturated carbocycles. The molecule has 1 aliphatic rings. The molecule has 1 saturated heterocycles. The summed E-state index contributed by atoms with van der Waals surface area (Å²) in [5.74, 6) is -0.347. The van der Waals surface area contributed by atoms with Gasteiger partial charge in [0.1, 0.15) is 5.82 Å². The monoisotopic (exact) mass is 329 g/mol. The number of anilines is 1. The van der Waals surface area contributed by atoms with Crippen molar-refractivity contribution < 1.29 is 9.18 Å². The number of amides is 1. The highest BCUT2D eigenvalue weighted by Gasteiger charge is 2.24. The van der Waals surface area contributed by atoms with E-state index in [1.807, 2.05) is 34.9 Å². The number of halogens is 1. The number of nitriles is 1. The van der Waals surface area contributed by atoms with Gasteiger partial charge in [0.2, 0.25) is 0 Å². The Morgan fingerprint density at radius 1 is 1.22 bits per heavy atom. The van der Waals surface area contributed by atoms with Crippen molar-refractivity contribution >= 4 is 22.9 Å². The fourth-order valence-corrected chi connectivity index (χ4v) is 3.52. The van der Waals surface area contributed by atoms with Crippen molar-refractivity contribution in [3.05, 3.63) is 51.5 Å². The van der Waals surface area contributed by atoms with E-state index in [1.54, 1.807) is 12.1 Å². The van der Waals surface area contributed by atoms with Crippen LogP contribution in [0.5, 0.6) is 0 Å². The van der Waals surface area contributed by atoms with Gasteiger partial charge in [0.15, 0.2) is 0 Å². The summed E-state index contributed by atoms with van der Waals surface area (Å²) in [5, 5.41) is 8.80. The zero-order valence-electron chi connectivity index (χ0n) is 12.8. The van der Waals surface area contributed by atoms with Crippen LogP contribution < -0.4 is 4.90 Å². The van der Waals surface area contributed by atoms with Crippen LogP contribution in [0.15, 0.2) is 30.3 Å². The molecule has 1 fully saturated rings. The Kier molecular flexibility index (Phi) is 4.30. The van der Waals surface area contributed by atoms with Gasteiger partial charge in [0.25, 0.3) is 5.91 Å². The molecular formula is C17H16FN3OS. The predicted molar refractivity (Wildman–Crippen MR) is 88.3 cm³/mol. The molecule has 3 rings (SSSR count). The molecule has 0 N–H and O–H groups in total. The molecule has 0 radical (unpaired) electrons. The number of aryl methyl sites for hydroxylation is 1. The Morgan fingerprint density at radius 2 is 1.96 bits per heavy atom. The lowest BCUT2D eigenvalue weighted by Gasteiger charge is -2.36. The summed E-state index contributed by atoms with van der Waals surface area (Å²) in [6, 6.07) is 10.2. The molecule has 1 aromatic heterocycles. The molecule has 1 aliphatic heterocycles. The summed E-state index contributed by atoms with van der Waals surface area (Å²) >= 11 is 1.50. The lowest BCUT2D eigenvalue weighted by molar-refractivity contribution is 0.0751. The molecule has 118 valence electrons. The molecule has 4 nitrogen and oxygen atoms in total. The second kappa shape index (κ2) is 6.39. The number of hydrogen-bond acceptors (Lipinski definition) is 4. The molecule has 2 heterocycles. The van der Waals surface area contributed by atoms with E-state index in [1.165, 1.54) is 17.4 Å². The first kappa shape index (κ1) is 15.5. The van der Waals surface area contributed by atoms with Crippen LogP contribution in [0, 0.1) is 24.1 Å². The van der Waals surface area contributed by atoms with Crippen LogP contribution in [0.1, 0.15) is 20.1 Å². The third-order valence-electron chi connectivity index (χ3n) is 3.94. The maximum Gasteiger partial charge on any atom is 0.264 e. The van der Waals surface area contributed by atoms with E-state index in [0.717, 1.165) is 9.75 Å². The van der Waals surface area contributed by atoms with Gasteiger partial charge in [-0.15, -0.1) is 11.3 Å². The van der Waals surface area contributed by atoms with Gasteiger partial charge in [-0.3, -0.25) is 4.79 Å². The average Bonchev–Trinajstić information content (AvgIpc) is 3.00. The highest BCUT2D eigenvalue weighted by atomic mass is 32.1. The van der Waals surface area contributed by atoms with Crippen LogP contribution in [0.4, 0.5) is 10.1 Å². The minimum Gasteiger partial charge on any atom is -0.366 e. The Hall–Kier alpha value is -2.39. The van der Waals surface area contributed by atoms with E-state index in [-0.39, 0.29) is 5.91 Å². The lowest BCUT2D eigenvalue weighted by Crippen LogP contribution is -2.48. The minimum atomic E-state index is -0.391. The number of carbonyl (C=O) groups excluding carboxylic acids is 1. The van der Waals surface area contributed by atoms with Gasteiger partial charge in [-0.1, -0.05) is 0 Å². The van der Waals surface area contributed by atoms with Crippen LogP contribution in [-0.4, -0.2) is 37.0 Å². The van der Waals surface area contributed by atoms with Gasteiger partial charge in [0.05, 0.1) is 22.2 Å². The van der Waals surface area contributed by atoms with Gasteiger partial charge in [-0.05, 0) is 37.3 Å². The minimum absolute atomic E-state index is 0.0445. The molecule has 23 heavy (non-hydrogen) atoms. The molecule has 6 heteroatoms. The van der Waals surface area contributed by atoms with Gasteiger partial charge in [-0.25, -0.2) is 4.39 Å². The average molecular weight is 329 g/mol. The predicted octanol–water partition coefficient (Wildman–Crippen LogP) is 3.03. The Labute approximate surface area is 138 Å². The lowest BCUT2D eigenvalue weighted by atomic mass is 10.2. The normalized spacial score (nSPS) is 14.7. The number of piperazine rings is 1. The standard InChI is InChI=1S/C17H16FN3OS/c1-12-2-5-16(23-12)17(22)21-8-6-20(7-9-21)15-4-3-13(11-19)10-14(15)18/h2-5,10H,6-9H2,1H3. The molecular weight excluding hydrogens is 313 g/mol. The largest absolute Gasteiger partial charge is 0.366 e. The van der Waals surface area contributed by atoms with Gasteiger partial charge in [0, 0.05) is 31.1 Å². The molecule has 0 unspecified atom stereocenters. The smallest absolute Gasteiger partial charge is 0.264 e. The Bertz CT molecular complexity index is 772. The first-order valence-electron chi connectivity index (χ1n) is 7.39. The van der Waals surface area contributed by atoms with Gasteiger partial charge >= 0.3 is 0 Å². The van der Waals surface area contributed by atoms with Crippen molar-refractivity contribution in [2.45, 2.75) is 6.92 Å². The number of benzene rings is 1. The third kappa shape index (κ3) is 3.20. The van der Waals surface area contributed by atoms with Gasteiger partial charge in [-0.2, -0.15) is 5.26 Å². The third-order valence-corrected chi connectivity index (χ3v) is 4.92. The van der Waals surface area contributed by atoms with E-state index in [0.29, 0.717) is 37.4 Å². The summed E-state index contributed by atoms with van der Waals surface area (Å²) in [5.41, 5.74) is 0.802. The highest BCUT2D eigenvalue weighted by molar-refractivity contribution is 7.13. The Balaban J connectivity index is 1.67. The highest BCUT2D eigenvalue weighted by Crippen LogP contribution is 2.23. The maximum atomic E-state index is 14.1. The summed E-state index contributed by atoms with van der Waals surface area (Å²) < 4.78 is 14.1. The van der Waals surface area contributed by atoms with Gasteiger partial charge < -0.3 is 9.80 Å². The van der Waals surface area contributed by atoms with Crippen LogP contribution in [0.2, 0.25) is 0 Å². The number of thiophene rings is 1. The number of nitrogens with zero attached hydrogens (tertiary/aromatic N) is 3. The number of rotatable bonds is 2. The fraction of sp³-hybridized carbons (Fsp3) is 0.294. The van der Waals surface area contributed by atoms with Crippen molar-refractivity contribution in [3.8, 4) is 6.07 Å². The Morgan fingerprint density at radius 3 is 2.52 bits per heavy atom. The van der Waals surface area contributed by atoms with Crippen molar-refractivity contribution in [2.24, 2.45) is 0 Å². The maximum absolute atomic E-state index is 14.1. The molecule has 0 bridgehead atoms. The van der Waals surface area contributed by atoms with Crippen LogP contribution in [0.3, 0.4) is 0 Å². The van der Waals surface area contributed by atoms with Crippen LogP contribution in [0.25, 0.3) is 0 Å². The molecule has 0 aliphatic carbocycles. The molecule has 0 atom stereocenters. The second-order valence-electron chi connectivity index (χ2n) is 5.47. The van der Waals surface area contributed by atoms with E-state index < -0.39 is 5.82 Å². The van der Waals surface area contributed by atoms with Crippen molar-refractivity contribution in [3.63, 3.8) is 0 Å². The SMILES string of the molecule is Cc1ccc(C(=O)N2CCN(c3ccc(C#N)cc3F)CC2)s1. The summed E-state index contributed by atoms with van der Waals surface area (Å²) in [7, 11) is 0. The van der Waals surface area contributed by atoms with E-state index in [2.05, 4.69) is 0 Å². The fourth-order valence-electron chi connectivity index (χ4n) is 2.69. The molecule has 1 amide bonds.